The summed E-state index contributed by atoms with van der Waals surface area (Å²) in [7, 11) is 0. The van der Waals surface area contributed by atoms with Crippen molar-refractivity contribution in [3.05, 3.63) is 22.1 Å². The summed E-state index contributed by atoms with van der Waals surface area (Å²) in [4.78, 5) is 10.2. The van der Waals surface area contributed by atoms with Gasteiger partial charge in [-0.05, 0) is 0 Å². The quantitative estimate of drug-likeness (QED) is 0.607. The van der Waals surface area contributed by atoms with Crippen LogP contribution < -0.4 is 0 Å². The summed E-state index contributed by atoms with van der Waals surface area (Å²) in [6, 6.07) is 2.50. The third-order valence-electron chi connectivity index (χ3n) is 1.69. The van der Waals surface area contributed by atoms with Gasteiger partial charge in [-0.3, -0.25) is 0 Å². The molecule has 0 aliphatic heterocycles. The van der Waals surface area contributed by atoms with Gasteiger partial charge in [0.2, 0.25) is 0 Å². The second-order valence-corrected chi connectivity index (χ2v) is 2.51. The first-order valence-electron chi connectivity index (χ1n) is 3.35. The summed E-state index contributed by atoms with van der Waals surface area (Å²) in [5.41, 5.74) is 0.492. The van der Waals surface area contributed by atoms with Gasteiger partial charge in [0.05, 0.1) is 0 Å². The molecule has 0 amide bonds. The van der Waals surface area contributed by atoms with Crippen LogP contribution in [0.15, 0.2) is 5.18 Å². The number of phenols is 2. The SMILES string of the molecule is Cc1[c-]c(O)c(C)c(O)c1N=O.[Yb]. The fraction of sp³-hybridized carbons (Fsp3) is 0.250. The molecule has 0 saturated heterocycles. The second kappa shape index (κ2) is 4.98. The van der Waals surface area contributed by atoms with Crippen molar-refractivity contribution >= 4 is 5.69 Å². The number of nitroso groups, excluding NO2 is 1. The molecule has 78 valence electrons. The van der Waals surface area contributed by atoms with Crippen molar-refractivity contribution in [3.63, 3.8) is 0 Å². The zero-order valence-electron chi connectivity index (χ0n) is 7.02. The Balaban J connectivity index is 0.00000144. The van der Waals surface area contributed by atoms with Gasteiger partial charge in [-0.15, -0.1) is 11.6 Å². The molecule has 1 aromatic rings. The van der Waals surface area contributed by atoms with Crippen molar-refractivity contribution < 1.29 is 57.1 Å². The average molecular weight is 339 g/mol. The van der Waals surface area contributed by atoms with Crippen molar-refractivity contribution in [2.45, 2.75) is 13.8 Å². The average Bonchev–Trinajstić information content (AvgIpc) is 2.01. The number of aryl methyl sites for hydroxylation is 1. The predicted octanol–water partition coefficient (Wildman–Crippen LogP) is 1.91. The minimum Gasteiger partial charge on any atom is -0.534 e. The van der Waals surface area contributed by atoms with E-state index in [-0.39, 0.29) is 69.7 Å². The Kier molecular flexibility index (Phi) is 4.96. The Morgan fingerprint density at radius 2 is 1.85 bits per heavy atom. The normalized spacial score (nSPS) is 9.08. The molecule has 1 aromatic carbocycles. The molecule has 0 radical (unpaired) electrons. The van der Waals surface area contributed by atoms with Crippen molar-refractivity contribution in [1.82, 2.24) is 0 Å². The summed E-state index contributed by atoms with van der Waals surface area (Å²) in [5, 5.41) is 21.1. The molecule has 0 spiro atoms. The fourth-order valence-electron chi connectivity index (χ4n) is 0.910. The largest absolute Gasteiger partial charge is 0.534 e. The maximum atomic E-state index is 10.2. The Hall–Kier alpha value is -0.0605. The maximum absolute atomic E-state index is 10.2. The van der Waals surface area contributed by atoms with Crippen molar-refractivity contribution in [2.24, 2.45) is 5.18 Å². The van der Waals surface area contributed by atoms with Crippen LogP contribution in [0.25, 0.3) is 0 Å². The van der Waals surface area contributed by atoms with Gasteiger partial charge in [0.25, 0.3) is 0 Å². The molecule has 1 rings (SSSR count). The smallest absolute Gasteiger partial charge is 0.0430 e. The van der Waals surface area contributed by atoms with Gasteiger partial charge < -0.3 is 10.2 Å². The summed E-state index contributed by atoms with van der Waals surface area (Å²) >= 11 is 0. The minimum absolute atomic E-state index is 0. The van der Waals surface area contributed by atoms with Gasteiger partial charge in [-0.1, -0.05) is 24.6 Å². The van der Waals surface area contributed by atoms with Gasteiger partial charge >= 0.3 is 0 Å². The number of aromatic hydroxyl groups is 2. The van der Waals surface area contributed by atoms with Gasteiger partial charge in [0, 0.05) is 64.1 Å². The van der Waals surface area contributed by atoms with E-state index in [4.69, 9.17) is 5.11 Å². The van der Waals surface area contributed by atoms with E-state index in [2.05, 4.69) is 11.2 Å². The first-order valence-corrected chi connectivity index (χ1v) is 3.35. The van der Waals surface area contributed by atoms with Gasteiger partial charge in [0.1, 0.15) is 0 Å². The fourth-order valence-corrected chi connectivity index (χ4v) is 0.910. The van der Waals surface area contributed by atoms with Crippen LogP contribution in [0, 0.1) is 71.7 Å². The molecule has 0 saturated carbocycles. The van der Waals surface area contributed by atoms with Gasteiger partial charge in [-0.25, -0.2) is 0 Å². The van der Waals surface area contributed by atoms with Gasteiger partial charge in [-0.2, -0.15) is 4.91 Å². The first kappa shape index (κ1) is 12.9. The molecule has 2 N–H and O–H groups in total. The Morgan fingerprint density at radius 1 is 1.31 bits per heavy atom. The van der Waals surface area contributed by atoms with E-state index < -0.39 is 0 Å². The van der Waals surface area contributed by atoms with E-state index in [1.807, 2.05) is 0 Å². The summed E-state index contributed by atoms with van der Waals surface area (Å²) < 4.78 is 0. The molecule has 0 aliphatic rings. The third-order valence-corrected chi connectivity index (χ3v) is 1.69. The molecule has 0 aromatic heterocycles. The van der Waals surface area contributed by atoms with E-state index in [0.29, 0.717) is 5.56 Å². The zero-order chi connectivity index (χ0) is 9.30. The molecular weight excluding hydrogens is 331 g/mol. The number of hydrogen-bond acceptors (Lipinski definition) is 4. The zero-order valence-corrected chi connectivity index (χ0v) is 8.73. The van der Waals surface area contributed by atoms with E-state index in [1.54, 1.807) is 0 Å². The second-order valence-electron chi connectivity index (χ2n) is 2.51. The molecule has 0 bridgehead atoms. The summed E-state index contributed by atoms with van der Waals surface area (Å²) in [6.07, 6.45) is 0. The van der Waals surface area contributed by atoms with Crippen LogP contribution in [0.4, 0.5) is 5.69 Å². The Morgan fingerprint density at radius 3 is 2.31 bits per heavy atom. The molecule has 0 fully saturated rings. The van der Waals surface area contributed by atoms with E-state index >= 15 is 0 Å². The maximum Gasteiger partial charge on any atom is 0.0430 e. The first-order chi connectivity index (χ1) is 5.57. The summed E-state index contributed by atoms with van der Waals surface area (Å²) in [5.74, 6) is -0.434. The molecular formula is C8H8NO3Yb-. The van der Waals surface area contributed by atoms with Crippen LogP contribution in [0.5, 0.6) is 11.5 Å². The topological polar surface area (TPSA) is 69.9 Å². The van der Waals surface area contributed by atoms with E-state index in [1.165, 1.54) is 13.8 Å². The van der Waals surface area contributed by atoms with Crippen molar-refractivity contribution in [1.29, 1.82) is 0 Å². The van der Waals surface area contributed by atoms with Crippen LogP contribution in [0.3, 0.4) is 0 Å². The summed E-state index contributed by atoms with van der Waals surface area (Å²) in [6.45, 7) is 3.02. The number of hydrogen-bond donors (Lipinski definition) is 2. The van der Waals surface area contributed by atoms with Crippen LogP contribution in [0.1, 0.15) is 11.1 Å². The van der Waals surface area contributed by atoms with Crippen LogP contribution in [-0.4, -0.2) is 10.2 Å². The molecule has 0 aliphatic carbocycles. The van der Waals surface area contributed by atoms with Crippen molar-refractivity contribution in [2.75, 3.05) is 0 Å². The minimum atomic E-state index is -0.279. The van der Waals surface area contributed by atoms with Crippen LogP contribution in [-0.2, 0) is 0 Å². The number of benzene rings is 1. The molecule has 5 heteroatoms. The standard InChI is InChI=1S/C8H8NO3.Yb/c1-4-3-6(10)5(2)8(11)7(4)9-12;/h10-11H,1-2H3;/q-1;. The molecule has 0 atom stereocenters. The monoisotopic (exact) mass is 340 g/mol. The molecule has 0 unspecified atom stereocenters. The number of phenolic OH excluding ortho intramolecular Hbond substituents is 2. The van der Waals surface area contributed by atoms with Crippen molar-refractivity contribution in [3.8, 4) is 11.5 Å². The van der Waals surface area contributed by atoms with E-state index in [0.717, 1.165) is 0 Å². The number of nitrogens with zero attached hydrogens (tertiary/aromatic N) is 1. The Labute approximate surface area is 114 Å². The number of rotatable bonds is 1. The third kappa shape index (κ3) is 2.45. The predicted molar refractivity (Wildman–Crippen MR) is 43.5 cm³/mol. The van der Waals surface area contributed by atoms with Gasteiger partial charge in [0.15, 0.2) is 0 Å². The van der Waals surface area contributed by atoms with Crippen LogP contribution >= 0.6 is 0 Å². The van der Waals surface area contributed by atoms with Crippen LogP contribution in [0.2, 0.25) is 0 Å². The molecule has 13 heavy (non-hydrogen) atoms. The van der Waals surface area contributed by atoms with E-state index in [9.17, 15) is 10.0 Å². The molecule has 0 heterocycles. The Bertz CT molecular complexity index is 339. The molecule has 4 nitrogen and oxygen atoms in total.